The second kappa shape index (κ2) is 6.49. The van der Waals surface area contributed by atoms with Crippen molar-refractivity contribution in [2.45, 2.75) is 24.3 Å². The summed E-state index contributed by atoms with van der Waals surface area (Å²) in [6.07, 6.45) is 0.259. The number of alkyl halides is 4. The van der Waals surface area contributed by atoms with E-state index in [-0.39, 0.29) is 12.2 Å². The SMILES string of the molecule is C[C@]1(C(=O)OCC(=O)Nc2ccc(OC(F)F)cc2)CC1(Cl)Cl. The van der Waals surface area contributed by atoms with Crippen LogP contribution in [0.3, 0.4) is 0 Å². The van der Waals surface area contributed by atoms with Crippen molar-refractivity contribution >= 4 is 40.8 Å². The minimum atomic E-state index is -2.92. The molecule has 23 heavy (non-hydrogen) atoms. The Morgan fingerprint density at radius 3 is 2.35 bits per heavy atom. The first-order chi connectivity index (χ1) is 10.6. The van der Waals surface area contributed by atoms with Gasteiger partial charge in [0.1, 0.15) is 15.5 Å². The van der Waals surface area contributed by atoms with Crippen LogP contribution in [0.5, 0.6) is 5.75 Å². The number of hydrogen-bond donors (Lipinski definition) is 1. The fraction of sp³-hybridized carbons (Fsp3) is 0.429. The van der Waals surface area contributed by atoms with Gasteiger partial charge in [-0.2, -0.15) is 8.78 Å². The molecule has 2 rings (SSSR count). The smallest absolute Gasteiger partial charge is 0.387 e. The van der Waals surface area contributed by atoms with Gasteiger partial charge in [0.25, 0.3) is 5.91 Å². The van der Waals surface area contributed by atoms with Crippen molar-refractivity contribution in [2.24, 2.45) is 5.41 Å². The second-order valence-corrected chi connectivity index (χ2v) is 6.72. The molecule has 0 bridgehead atoms. The van der Waals surface area contributed by atoms with Crippen LogP contribution in [0.2, 0.25) is 0 Å². The van der Waals surface area contributed by atoms with Crippen LogP contribution >= 0.6 is 23.2 Å². The monoisotopic (exact) mass is 367 g/mol. The first-order valence-corrected chi connectivity index (χ1v) is 7.29. The molecule has 0 radical (unpaired) electrons. The van der Waals surface area contributed by atoms with Crippen LogP contribution < -0.4 is 10.1 Å². The first-order valence-electron chi connectivity index (χ1n) is 6.54. The third-order valence-electron chi connectivity index (χ3n) is 3.41. The summed E-state index contributed by atoms with van der Waals surface area (Å²) in [5.41, 5.74) is -0.667. The van der Waals surface area contributed by atoms with Crippen LogP contribution in [0.4, 0.5) is 14.5 Å². The molecule has 1 aromatic carbocycles. The number of rotatable bonds is 6. The van der Waals surface area contributed by atoms with Gasteiger partial charge in [0.2, 0.25) is 0 Å². The predicted molar refractivity (Wildman–Crippen MR) is 79.8 cm³/mol. The maximum atomic E-state index is 12.0. The molecule has 126 valence electrons. The normalized spacial score (nSPS) is 21.7. The van der Waals surface area contributed by atoms with E-state index in [1.54, 1.807) is 6.92 Å². The van der Waals surface area contributed by atoms with Crippen molar-refractivity contribution < 1.29 is 27.8 Å². The topological polar surface area (TPSA) is 64.6 Å². The first kappa shape index (κ1) is 17.7. The highest BCUT2D eigenvalue weighted by Gasteiger charge is 2.69. The fourth-order valence-electron chi connectivity index (χ4n) is 1.83. The molecule has 0 aromatic heterocycles. The molecule has 0 heterocycles. The van der Waals surface area contributed by atoms with Gasteiger partial charge in [0.05, 0.1) is 0 Å². The van der Waals surface area contributed by atoms with E-state index in [0.29, 0.717) is 5.69 Å². The van der Waals surface area contributed by atoms with E-state index in [4.69, 9.17) is 27.9 Å². The molecule has 0 spiro atoms. The summed E-state index contributed by atoms with van der Waals surface area (Å²) in [6.45, 7) is -1.88. The Bertz CT molecular complexity index is 609. The van der Waals surface area contributed by atoms with Crippen molar-refractivity contribution in [2.75, 3.05) is 11.9 Å². The van der Waals surface area contributed by atoms with Gasteiger partial charge in [-0.1, -0.05) is 0 Å². The van der Waals surface area contributed by atoms with E-state index < -0.39 is 34.8 Å². The van der Waals surface area contributed by atoms with E-state index in [1.807, 2.05) is 0 Å². The largest absolute Gasteiger partial charge is 0.455 e. The van der Waals surface area contributed by atoms with Crippen LogP contribution in [0.1, 0.15) is 13.3 Å². The number of benzene rings is 1. The number of hydrogen-bond acceptors (Lipinski definition) is 4. The highest BCUT2D eigenvalue weighted by atomic mass is 35.5. The zero-order valence-electron chi connectivity index (χ0n) is 11.9. The number of carbonyl (C=O) groups is 2. The molecule has 1 amide bonds. The van der Waals surface area contributed by atoms with Gasteiger partial charge in [-0.25, -0.2) is 0 Å². The Morgan fingerprint density at radius 2 is 1.87 bits per heavy atom. The minimum absolute atomic E-state index is 0.0355. The molecule has 1 aliphatic rings. The van der Waals surface area contributed by atoms with Gasteiger partial charge >= 0.3 is 12.6 Å². The van der Waals surface area contributed by atoms with Gasteiger partial charge in [0.15, 0.2) is 6.61 Å². The zero-order chi connectivity index (χ0) is 17.3. The molecule has 1 N–H and O–H groups in total. The molecule has 5 nitrogen and oxygen atoms in total. The van der Waals surface area contributed by atoms with Crippen LogP contribution in [-0.2, 0) is 14.3 Å². The molecule has 0 unspecified atom stereocenters. The summed E-state index contributed by atoms with van der Waals surface area (Å²) in [5, 5.41) is 2.45. The van der Waals surface area contributed by atoms with E-state index in [1.165, 1.54) is 24.3 Å². The molecule has 1 saturated carbocycles. The van der Waals surface area contributed by atoms with E-state index >= 15 is 0 Å². The summed E-state index contributed by atoms with van der Waals surface area (Å²) < 4.78 is 31.9. The van der Waals surface area contributed by atoms with Crippen LogP contribution in [0.25, 0.3) is 0 Å². The number of esters is 1. The summed E-state index contributed by atoms with van der Waals surface area (Å²) in [4.78, 5) is 23.5. The van der Waals surface area contributed by atoms with E-state index in [0.717, 1.165) is 0 Å². The lowest BCUT2D eigenvalue weighted by Crippen LogP contribution is -2.26. The maximum Gasteiger partial charge on any atom is 0.387 e. The van der Waals surface area contributed by atoms with Crippen molar-refractivity contribution in [3.63, 3.8) is 0 Å². The minimum Gasteiger partial charge on any atom is -0.455 e. The molecule has 0 aliphatic heterocycles. The Labute approximate surface area is 140 Å². The number of anilines is 1. The third-order valence-corrected chi connectivity index (χ3v) is 4.51. The Balaban J connectivity index is 1.80. The average Bonchev–Trinajstić information content (AvgIpc) is 2.98. The van der Waals surface area contributed by atoms with E-state index in [2.05, 4.69) is 10.1 Å². The van der Waals surface area contributed by atoms with Gasteiger partial charge in [-0.15, -0.1) is 23.2 Å². The molecular weight excluding hydrogens is 355 g/mol. The average molecular weight is 368 g/mol. The lowest BCUT2D eigenvalue weighted by Gasteiger charge is -2.12. The van der Waals surface area contributed by atoms with Gasteiger partial charge in [0, 0.05) is 12.1 Å². The summed E-state index contributed by atoms with van der Waals surface area (Å²) >= 11 is 11.7. The number of ether oxygens (including phenoxy) is 2. The van der Waals surface area contributed by atoms with Crippen LogP contribution in [0, 0.1) is 5.41 Å². The molecule has 9 heteroatoms. The molecule has 1 aromatic rings. The Morgan fingerprint density at radius 1 is 1.30 bits per heavy atom. The summed E-state index contributed by atoms with van der Waals surface area (Å²) in [7, 11) is 0. The highest BCUT2D eigenvalue weighted by Crippen LogP contribution is 2.64. The van der Waals surface area contributed by atoms with Gasteiger partial charge in [-0.3, -0.25) is 9.59 Å². The quantitative estimate of drug-likeness (QED) is 0.618. The fourth-order valence-corrected chi connectivity index (χ4v) is 2.52. The maximum absolute atomic E-state index is 12.0. The highest BCUT2D eigenvalue weighted by molar-refractivity contribution is 6.53. The van der Waals surface area contributed by atoms with Gasteiger partial charge < -0.3 is 14.8 Å². The number of carbonyl (C=O) groups excluding carboxylic acids is 2. The number of halogens is 4. The molecule has 1 aliphatic carbocycles. The van der Waals surface area contributed by atoms with Crippen molar-refractivity contribution in [3.05, 3.63) is 24.3 Å². The number of amides is 1. The summed E-state index contributed by atoms with van der Waals surface area (Å²) in [6, 6.07) is 5.30. The predicted octanol–water partition coefficient (Wildman–Crippen LogP) is 3.35. The lowest BCUT2D eigenvalue weighted by atomic mass is 10.1. The zero-order valence-corrected chi connectivity index (χ0v) is 13.5. The van der Waals surface area contributed by atoms with Crippen molar-refractivity contribution in [1.82, 2.24) is 0 Å². The van der Waals surface area contributed by atoms with Crippen molar-refractivity contribution in [1.29, 1.82) is 0 Å². The molecule has 1 atom stereocenters. The molecular formula is C14H13Cl2F2NO4. The third kappa shape index (κ3) is 4.23. The van der Waals surface area contributed by atoms with E-state index in [9.17, 15) is 18.4 Å². The standard InChI is InChI=1S/C14H13Cl2F2NO4/c1-13(7-14(13,15)16)11(21)22-6-10(20)19-8-2-4-9(5-3-8)23-12(17)18/h2-5,12H,6-7H2,1H3,(H,19,20)/t13-/m1/s1. The summed E-state index contributed by atoms with van der Waals surface area (Å²) in [5.74, 6) is -1.27. The van der Waals surface area contributed by atoms with Crippen LogP contribution in [0.15, 0.2) is 24.3 Å². The second-order valence-electron chi connectivity index (χ2n) is 5.24. The lowest BCUT2D eigenvalue weighted by molar-refractivity contribution is -0.152. The Kier molecular flexibility index (Phi) is 5.01. The Hall–Kier alpha value is -1.60. The molecule has 1 fully saturated rings. The number of nitrogens with one attached hydrogen (secondary N) is 1. The van der Waals surface area contributed by atoms with Gasteiger partial charge in [-0.05, 0) is 31.2 Å². The molecule has 0 saturated heterocycles. The van der Waals surface area contributed by atoms with Crippen molar-refractivity contribution in [3.8, 4) is 5.75 Å². The van der Waals surface area contributed by atoms with Crippen LogP contribution in [-0.4, -0.2) is 29.4 Å².